The molecule has 0 spiro atoms. The molecule has 0 aliphatic heterocycles. The molecule has 0 heterocycles. The summed E-state index contributed by atoms with van der Waals surface area (Å²) in [5.74, 6) is -0.886. The summed E-state index contributed by atoms with van der Waals surface area (Å²) in [6, 6.07) is 9.51. The SMILES string of the molecule is C=C1[C@@H](C)C[C@@H](OC(=O)C=Cc2ccccc2)[C@]2(C)[C@@H](C=O)C(C=O)=CC[C@@H]12. The van der Waals surface area contributed by atoms with Crippen molar-refractivity contribution in [1.29, 1.82) is 0 Å². The number of carbonyl (C=O) groups excluding carboxylic acids is 3. The summed E-state index contributed by atoms with van der Waals surface area (Å²) < 4.78 is 5.86. The van der Waals surface area contributed by atoms with Gasteiger partial charge in [-0.15, -0.1) is 0 Å². The van der Waals surface area contributed by atoms with Gasteiger partial charge in [-0.3, -0.25) is 4.79 Å². The highest BCUT2D eigenvalue weighted by Crippen LogP contribution is 2.56. The topological polar surface area (TPSA) is 60.4 Å². The Morgan fingerprint density at radius 3 is 2.61 bits per heavy atom. The molecule has 3 rings (SSSR count). The largest absolute Gasteiger partial charge is 0.459 e. The molecule has 2 aliphatic rings. The lowest BCUT2D eigenvalue weighted by Crippen LogP contribution is -2.54. The zero-order valence-corrected chi connectivity index (χ0v) is 16.3. The molecule has 5 atom stereocenters. The van der Waals surface area contributed by atoms with Crippen LogP contribution in [-0.2, 0) is 19.1 Å². The maximum Gasteiger partial charge on any atom is 0.331 e. The van der Waals surface area contributed by atoms with Crippen molar-refractivity contribution in [3.63, 3.8) is 0 Å². The van der Waals surface area contributed by atoms with Crippen LogP contribution in [0.2, 0.25) is 0 Å². The van der Waals surface area contributed by atoms with Gasteiger partial charge in [-0.05, 0) is 41.9 Å². The number of fused-ring (bicyclic) bond motifs is 1. The van der Waals surface area contributed by atoms with E-state index in [-0.39, 0.29) is 11.8 Å². The second kappa shape index (κ2) is 8.09. The highest BCUT2D eigenvalue weighted by molar-refractivity contribution is 5.87. The molecule has 4 heteroatoms. The number of hydrogen-bond acceptors (Lipinski definition) is 4. The molecule has 1 aromatic carbocycles. The van der Waals surface area contributed by atoms with Crippen molar-refractivity contribution in [2.24, 2.45) is 23.2 Å². The molecule has 0 amide bonds. The number of esters is 1. The Morgan fingerprint density at radius 1 is 1.25 bits per heavy atom. The Morgan fingerprint density at radius 2 is 1.96 bits per heavy atom. The smallest absolute Gasteiger partial charge is 0.331 e. The van der Waals surface area contributed by atoms with Gasteiger partial charge in [-0.25, -0.2) is 4.79 Å². The van der Waals surface area contributed by atoms with E-state index in [1.807, 2.05) is 43.3 Å². The first-order valence-electron chi connectivity index (χ1n) is 9.64. The van der Waals surface area contributed by atoms with Crippen LogP contribution in [0, 0.1) is 23.2 Å². The summed E-state index contributed by atoms with van der Waals surface area (Å²) in [6.45, 7) is 8.26. The summed E-state index contributed by atoms with van der Waals surface area (Å²) in [5, 5.41) is 0. The second-order valence-electron chi connectivity index (χ2n) is 7.97. The minimum Gasteiger partial charge on any atom is -0.459 e. The molecule has 0 saturated heterocycles. The van der Waals surface area contributed by atoms with Gasteiger partial charge in [0.05, 0.1) is 5.92 Å². The van der Waals surface area contributed by atoms with E-state index in [0.717, 1.165) is 23.7 Å². The Hall–Kier alpha value is -2.75. The minimum atomic E-state index is -0.674. The fourth-order valence-electron chi connectivity index (χ4n) is 4.69. The average molecular weight is 378 g/mol. The number of rotatable bonds is 5. The van der Waals surface area contributed by atoms with Gasteiger partial charge >= 0.3 is 5.97 Å². The summed E-state index contributed by atoms with van der Waals surface area (Å²) >= 11 is 0. The van der Waals surface area contributed by atoms with E-state index >= 15 is 0 Å². The zero-order valence-electron chi connectivity index (χ0n) is 16.3. The summed E-state index contributed by atoms with van der Waals surface area (Å²) in [5.41, 5.74) is 1.76. The van der Waals surface area contributed by atoms with Crippen LogP contribution in [0.25, 0.3) is 6.08 Å². The molecular formula is C24H26O4. The Kier molecular flexibility index (Phi) is 5.78. The Balaban J connectivity index is 1.88. The van der Waals surface area contributed by atoms with Crippen LogP contribution in [0.4, 0.5) is 0 Å². The van der Waals surface area contributed by atoms with Crippen LogP contribution in [-0.4, -0.2) is 24.6 Å². The van der Waals surface area contributed by atoms with E-state index in [4.69, 9.17) is 4.74 Å². The maximum absolute atomic E-state index is 12.5. The number of ether oxygens (including phenoxy) is 1. The van der Waals surface area contributed by atoms with E-state index in [1.165, 1.54) is 6.08 Å². The second-order valence-corrected chi connectivity index (χ2v) is 7.97. The first-order valence-corrected chi connectivity index (χ1v) is 9.64. The van der Waals surface area contributed by atoms with Crippen LogP contribution in [0.1, 0.15) is 32.3 Å². The first-order chi connectivity index (χ1) is 13.4. The predicted molar refractivity (Wildman–Crippen MR) is 108 cm³/mol. The van der Waals surface area contributed by atoms with Gasteiger partial charge in [0.25, 0.3) is 0 Å². The van der Waals surface area contributed by atoms with Crippen LogP contribution in [0.3, 0.4) is 0 Å². The molecule has 4 nitrogen and oxygen atoms in total. The minimum absolute atomic E-state index is 0.00828. The van der Waals surface area contributed by atoms with Crippen molar-refractivity contribution in [3.05, 3.63) is 65.8 Å². The lowest BCUT2D eigenvalue weighted by Gasteiger charge is -2.54. The number of hydrogen-bond donors (Lipinski definition) is 0. The number of carbonyl (C=O) groups is 3. The summed E-state index contributed by atoms with van der Waals surface area (Å²) in [4.78, 5) is 36.0. The maximum atomic E-state index is 12.5. The standard InChI is InChI=1S/C24H26O4/c1-16-13-22(28-23(27)12-9-18-7-5-4-6-8-18)24(3)20(17(16)2)11-10-19(14-25)21(24)15-26/h4-10,12,14-16,20-22H,2,11,13H2,1,3H3/t16-,20-,21-,22+,24-/m0/s1. The van der Waals surface area contributed by atoms with E-state index < -0.39 is 23.4 Å². The van der Waals surface area contributed by atoms with Gasteiger partial charge in [0.2, 0.25) is 0 Å². The lowest BCUT2D eigenvalue weighted by molar-refractivity contribution is -0.161. The van der Waals surface area contributed by atoms with E-state index in [0.29, 0.717) is 18.4 Å². The van der Waals surface area contributed by atoms with Crippen molar-refractivity contribution in [2.45, 2.75) is 32.8 Å². The molecule has 1 aromatic rings. The summed E-state index contributed by atoms with van der Waals surface area (Å²) in [6.07, 6.45) is 7.27. The third-order valence-electron chi connectivity index (χ3n) is 6.45. The van der Waals surface area contributed by atoms with Gasteiger partial charge < -0.3 is 9.53 Å². The van der Waals surface area contributed by atoms with Crippen molar-refractivity contribution in [2.75, 3.05) is 0 Å². The van der Waals surface area contributed by atoms with Crippen molar-refractivity contribution in [3.8, 4) is 0 Å². The Bertz CT molecular complexity index is 835. The fourth-order valence-corrected chi connectivity index (χ4v) is 4.69. The monoisotopic (exact) mass is 378 g/mol. The molecule has 1 fully saturated rings. The lowest BCUT2D eigenvalue weighted by atomic mass is 9.51. The van der Waals surface area contributed by atoms with E-state index in [9.17, 15) is 14.4 Å². The first kappa shape index (κ1) is 20.0. The third kappa shape index (κ3) is 3.51. The normalized spacial score (nSPS) is 32.4. The van der Waals surface area contributed by atoms with Gasteiger partial charge in [-0.2, -0.15) is 0 Å². The van der Waals surface area contributed by atoms with Crippen molar-refractivity contribution >= 4 is 24.6 Å². The molecule has 0 aromatic heterocycles. The van der Waals surface area contributed by atoms with E-state index in [2.05, 4.69) is 13.5 Å². The van der Waals surface area contributed by atoms with Gasteiger partial charge in [-0.1, -0.05) is 62.4 Å². The van der Waals surface area contributed by atoms with Crippen molar-refractivity contribution < 1.29 is 19.1 Å². The molecule has 0 radical (unpaired) electrons. The van der Waals surface area contributed by atoms with E-state index in [1.54, 1.807) is 6.08 Å². The number of allylic oxidation sites excluding steroid dienone is 3. The average Bonchev–Trinajstić information content (AvgIpc) is 2.70. The highest BCUT2D eigenvalue weighted by atomic mass is 16.5. The zero-order chi connectivity index (χ0) is 20.3. The Labute approximate surface area is 166 Å². The van der Waals surface area contributed by atoms with Crippen LogP contribution >= 0.6 is 0 Å². The fraction of sp³-hybridized carbons (Fsp3) is 0.375. The summed E-state index contributed by atoms with van der Waals surface area (Å²) in [7, 11) is 0. The number of aldehydes is 2. The molecule has 2 aliphatic carbocycles. The molecule has 0 unspecified atom stereocenters. The molecular weight excluding hydrogens is 352 g/mol. The van der Waals surface area contributed by atoms with Crippen LogP contribution in [0.15, 0.2) is 60.2 Å². The number of benzene rings is 1. The quantitative estimate of drug-likeness (QED) is 0.334. The predicted octanol–water partition coefficient (Wildman–Crippen LogP) is 4.17. The van der Waals surface area contributed by atoms with Gasteiger partial charge in [0.1, 0.15) is 18.7 Å². The molecule has 1 saturated carbocycles. The highest BCUT2D eigenvalue weighted by Gasteiger charge is 2.56. The van der Waals surface area contributed by atoms with Gasteiger partial charge in [0.15, 0.2) is 0 Å². The molecule has 0 bridgehead atoms. The van der Waals surface area contributed by atoms with Crippen LogP contribution < -0.4 is 0 Å². The molecule has 0 N–H and O–H groups in total. The van der Waals surface area contributed by atoms with Crippen LogP contribution in [0.5, 0.6) is 0 Å². The third-order valence-corrected chi connectivity index (χ3v) is 6.45. The van der Waals surface area contributed by atoms with Gasteiger partial charge in [0, 0.05) is 11.5 Å². The van der Waals surface area contributed by atoms with Crippen molar-refractivity contribution in [1.82, 2.24) is 0 Å². The molecule has 146 valence electrons. The molecule has 28 heavy (non-hydrogen) atoms.